The van der Waals surface area contributed by atoms with Crippen LogP contribution in [0.1, 0.15) is 88.3 Å². The zero-order valence-electron chi connectivity index (χ0n) is 19.2. The summed E-state index contributed by atoms with van der Waals surface area (Å²) < 4.78 is 9.84. The lowest BCUT2D eigenvalue weighted by Gasteiger charge is -2.11. The van der Waals surface area contributed by atoms with Gasteiger partial charge >= 0.3 is 11.6 Å². The minimum absolute atomic E-state index is 0.185. The molecule has 1 aromatic rings. The van der Waals surface area contributed by atoms with E-state index < -0.39 is 17.4 Å². The molecule has 0 saturated heterocycles. The van der Waals surface area contributed by atoms with Crippen LogP contribution in [0.3, 0.4) is 0 Å². The van der Waals surface area contributed by atoms with Crippen molar-refractivity contribution >= 4 is 11.8 Å². The number of rotatable bonds is 12. The molecule has 0 spiro atoms. The Morgan fingerprint density at radius 3 is 2.55 bits per heavy atom. The highest BCUT2D eigenvalue weighted by molar-refractivity contribution is 6.09. The number of Topliss-reactive ketones (excluding diaryl/α,β-unsaturated/α-hetero) is 1. The summed E-state index contributed by atoms with van der Waals surface area (Å²) in [5.41, 5.74) is 0.300. The van der Waals surface area contributed by atoms with E-state index in [0.29, 0.717) is 24.2 Å². The van der Waals surface area contributed by atoms with Crippen molar-refractivity contribution in [2.45, 2.75) is 72.1 Å². The standard InChI is InChI=1S/C25H34O6/c1-6-7-8-11-17(2)14-15-19(4)24(28)23-20(26)16-21(31-25(23)29)18(3)12-9-10-13-22(27)30-5/h10,13-16,18,26H,6-9,11-12H2,1-5H3/b13-10+,17-14-,19-15+. The molecule has 170 valence electrons. The quantitative estimate of drug-likeness (QED) is 0.152. The van der Waals surface area contributed by atoms with Crippen molar-refractivity contribution in [3.8, 4) is 5.75 Å². The molecule has 1 unspecified atom stereocenters. The van der Waals surface area contributed by atoms with Gasteiger partial charge in [0, 0.05) is 18.1 Å². The molecule has 0 radical (unpaired) electrons. The Balaban J connectivity index is 2.90. The molecule has 0 aromatic carbocycles. The Hall–Kier alpha value is -2.89. The SMILES string of the molecule is CCCCC/C(C)=C\C=C(/C)C(=O)c1c(O)cc(C(C)CC/C=C/C(=O)OC)oc1=O. The second-order valence-corrected chi connectivity index (χ2v) is 7.75. The summed E-state index contributed by atoms with van der Waals surface area (Å²) in [6.45, 7) is 7.60. The lowest BCUT2D eigenvalue weighted by atomic mass is 9.99. The van der Waals surface area contributed by atoms with Gasteiger partial charge in [-0.2, -0.15) is 0 Å². The van der Waals surface area contributed by atoms with E-state index in [4.69, 9.17) is 4.42 Å². The molecule has 1 atom stereocenters. The van der Waals surface area contributed by atoms with Crippen LogP contribution < -0.4 is 5.63 Å². The van der Waals surface area contributed by atoms with Gasteiger partial charge in [0.25, 0.3) is 0 Å². The van der Waals surface area contributed by atoms with Crippen LogP contribution in [0.5, 0.6) is 5.75 Å². The summed E-state index contributed by atoms with van der Waals surface area (Å²) >= 11 is 0. The summed E-state index contributed by atoms with van der Waals surface area (Å²) in [5.74, 6) is -1.27. The fourth-order valence-corrected chi connectivity index (χ4v) is 2.96. The molecule has 0 saturated carbocycles. The number of ether oxygens (including phenoxy) is 1. The van der Waals surface area contributed by atoms with Crippen LogP contribution in [0.4, 0.5) is 0 Å². The van der Waals surface area contributed by atoms with E-state index in [1.54, 1.807) is 19.1 Å². The topological polar surface area (TPSA) is 93.8 Å². The van der Waals surface area contributed by atoms with Gasteiger partial charge in [-0.05, 0) is 45.1 Å². The van der Waals surface area contributed by atoms with Gasteiger partial charge in [-0.15, -0.1) is 0 Å². The molecule has 0 fully saturated rings. The van der Waals surface area contributed by atoms with Crippen LogP contribution in [0, 0.1) is 0 Å². The Kier molecular flexibility index (Phi) is 11.3. The molecule has 1 aromatic heterocycles. The van der Waals surface area contributed by atoms with Crippen molar-refractivity contribution in [3.05, 3.63) is 63.3 Å². The van der Waals surface area contributed by atoms with Gasteiger partial charge in [0.15, 0.2) is 5.78 Å². The molecule has 6 heteroatoms. The number of ketones is 1. The lowest BCUT2D eigenvalue weighted by Crippen LogP contribution is -2.16. The fourth-order valence-electron chi connectivity index (χ4n) is 2.96. The van der Waals surface area contributed by atoms with E-state index in [2.05, 4.69) is 11.7 Å². The maximum Gasteiger partial charge on any atom is 0.351 e. The van der Waals surface area contributed by atoms with E-state index in [1.165, 1.54) is 19.3 Å². The molecule has 0 aliphatic rings. The maximum atomic E-state index is 12.7. The van der Waals surface area contributed by atoms with Crippen molar-refractivity contribution < 1.29 is 23.8 Å². The van der Waals surface area contributed by atoms with Crippen molar-refractivity contribution in [3.63, 3.8) is 0 Å². The number of carbonyl (C=O) groups excluding carboxylic acids is 2. The molecule has 0 aliphatic heterocycles. The van der Waals surface area contributed by atoms with E-state index >= 15 is 0 Å². The van der Waals surface area contributed by atoms with Crippen LogP contribution in [0.25, 0.3) is 0 Å². The number of hydrogen-bond acceptors (Lipinski definition) is 6. The monoisotopic (exact) mass is 430 g/mol. The van der Waals surface area contributed by atoms with Crippen molar-refractivity contribution in [1.29, 1.82) is 0 Å². The van der Waals surface area contributed by atoms with Crippen molar-refractivity contribution in [2.24, 2.45) is 0 Å². The molecular formula is C25H34O6. The van der Waals surface area contributed by atoms with Crippen molar-refractivity contribution in [1.82, 2.24) is 0 Å². The summed E-state index contributed by atoms with van der Waals surface area (Å²) in [6, 6.07) is 1.32. The first-order valence-electron chi connectivity index (χ1n) is 10.7. The first-order chi connectivity index (χ1) is 14.7. The zero-order valence-corrected chi connectivity index (χ0v) is 19.2. The number of methoxy groups -OCH3 is 1. The van der Waals surface area contributed by atoms with Crippen molar-refractivity contribution in [2.75, 3.05) is 7.11 Å². The maximum absolute atomic E-state index is 12.7. The predicted molar refractivity (Wildman–Crippen MR) is 121 cm³/mol. The third kappa shape index (κ3) is 8.79. The third-order valence-electron chi connectivity index (χ3n) is 5.03. The molecule has 0 bridgehead atoms. The molecule has 0 aliphatic carbocycles. The van der Waals surface area contributed by atoms with Crippen LogP contribution in [0.15, 0.2) is 50.7 Å². The van der Waals surface area contributed by atoms with E-state index in [-0.39, 0.29) is 17.2 Å². The van der Waals surface area contributed by atoms with Gasteiger partial charge in [-0.1, -0.05) is 50.5 Å². The molecular weight excluding hydrogens is 396 g/mol. The first-order valence-corrected chi connectivity index (χ1v) is 10.7. The summed E-state index contributed by atoms with van der Waals surface area (Å²) in [7, 11) is 1.30. The van der Waals surface area contributed by atoms with Gasteiger partial charge in [0.1, 0.15) is 17.1 Å². The van der Waals surface area contributed by atoms with Crippen LogP contribution in [-0.4, -0.2) is 24.0 Å². The molecule has 0 amide bonds. The minimum Gasteiger partial charge on any atom is -0.507 e. The van der Waals surface area contributed by atoms with Gasteiger partial charge in [-0.25, -0.2) is 9.59 Å². The van der Waals surface area contributed by atoms with Crippen LogP contribution in [0.2, 0.25) is 0 Å². The largest absolute Gasteiger partial charge is 0.507 e. The van der Waals surface area contributed by atoms with Gasteiger partial charge in [0.05, 0.1) is 7.11 Å². The number of carbonyl (C=O) groups is 2. The Bertz CT molecular complexity index is 901. The smallest absolute Gasteiger partial charge is 0.351 e. The molecule has 1 rings (SSSR count). The molecule has 31 heavy (non-hydrogen) atoms. The second kappa shape index (κ2) is 13.4. The normalized spacial score (nSPS) is 13.5. The highest BCUT2D eigenvalue weighted by atomic mass is 16.5. The molecule has 6 nitrogen and oxygen atoms in total. The Labute approximate surface area is 184 Å². The highest BCUT2D eigenvalue weighted by Crippen LogP contribution is 2.26. The van der Waals surface area contributed by atoms with E-state index in [0.717, 1.165) is 31.3 Å². The minimum atomic E-state index is -0.853. The number of hydrogen-bond donors (Lipinski definition) is 1. The molecule has 1 N–H and O–H groups in total. The van der Waals surface area contributed by atoms with Crippen LogP contribution >= 0.6 is 0 Å². The second-order valence-electron chi connectivity index (χ2n) is 7.75. The van der Waals surface area contributed by atoms with E-state index in [9.17, 15) is 19.5 Å². The third-order valence-corrected chi connectivity index (χ3v) is 5.03. The lowest BCUT2D eigenvalue weighted by molar-refractivity contribution is -0.134. The summed E-state index contributed by atoms with van der Waals surface area (Å²) in [5, 5.41) is 10.3. The predicted octanol–water partition coefficient (Wildman–Crippen LogP) is 5.61. The number of unbranched alkanes of at least 4 members (excludes halogenated alkanes) is 2. The summed E-state index contributed by atoms with van der Waals surface area (Å²) in [6.07, 6.45) is 12.1. The average molecular weight is 431 g/mol. The molecule has 1 heterocycles. The number of allylic oxidation sites excluding steroid dienone is 5. The zero-order chi connectivity index (χ0) is 23.4. The fraction of sp³-hybridized carbons (Fsp3) is 0.480. The van der Waals surface area contributed by atoms with Crippen LogP contribution in [-0.2, 0) is 9.53 Å². The number of esters is 1. The Morgan fingerprint density at radius 2 is 1.94 bits per heavy atom. The van der Waals surface area contributed by atoms with Gasteiger partial charge in [0.2, 0.25) is 0 Å². The summed E-state index contributed by atoms with van der Waals surface area (Å²) in [4.78, 5) is 36.2. The van der Waals surface area contributed by atoms with Gasteiger partial charge < -0.3 is 14.3 Å². The average Bonchev–Trinajstić information content (AvgIpc) is 2.74. The van der Waals surface area contributed by atoms with E-state index in [1.807, 2.05) is 19.9 Å². The first kappa shape index (κ1) is 26.1. The van der Waals surface area contributed by atoms with Gasteiger partial charge in [-0.3, -0.25) is 4.79 Å². The Morgan fingerprint density at radius 1 is 1.23 bits per heavy atom. The highest BCUT2D eigenvalue weighted by Gasteiger charge is 2.21. The number of aromatic hydroxyl groups is 1.